The average molecular weight is 230 g/mol. The van der Waals surface area contributed by atoms with E-state index in [1.165, 1.54) is 30.6 Å². The largest absolute Gasteiger partial charge is 0.468 e. The summed E-state index contributed by atoms with van der Waals surface area (Å²) >= 11 is 2.81. The van der Waals surface area contributed by atoms with Gasteiger partial charge in [0.05, 0.1) is 12.9 Å². The molecular weight excluding hydrogens is 220 g/mol. The first-order chi connectivity index (χ1) is 6.76. The number of rotatable bonds is 4. The first-order valence-electron chi connectivity index (χ1n) is 3.83. The van der Waals surface area contributed by atoms with Crippen LogP contribution in [0.15, 0.2) is 22.4 Å². The van der Waals surface area contributed by atoms with Crippen LogP contribution in [0.2, 0.25) is 0 Å². The summed E-state index contributed by atoms with van der Waals surface area (Å²) in [6.45, 7) is 0. The van der Waals surface area contributed by atoms with Crippen molar-refractivity contribution in [2.45, 2.75) is 10.2 Å². The Labute approximate surface area is 90.9 Å². The van der Waals surface area contributed by atoms with Crippen LogP contribution in [0.4, 0.5) is 0 Å². The van der Waals surface area contributed by atoms with E-state index in [1.807, 2.05) is 6.26 Å². The van der Waals surface area contributed by atoms with Crippen LogP contribution < -0.4 is 0 Å². The van der Waals surface area contributed by atoms with Crippen LogP contribution in [0.3, 0.4) is 0 Å². The molecule has 0 radical (unpaired) electrons. The molecule has 0 aliphatic carbocycles. The predicted octanol–water partition coefficient (Wildman–Crippen LogP) is 1.46. The number of nitrogens with zero attached hydrogens (tertiary/aromatic N) is 2. The van der Waals surface area contributed by atoms with Gasteiger partial charge in [-0.1, -0.05) is 23.5 Å². The van der Waals surface area contributed by atoms with Gasteiger partial charge >= 0.3 is 5.97 Å². The Morgan fingerprint density at radius 3 is 3.07 bits per heavy atom. The molecule has 0 N–H and O–H groups in total. The average Bonchev–Trinajstić information content (AvgIpc) is 2.26. The van der Waals surface area contributed by atoms with Crippen LogP contribution in [0.25, 0.3) is 0 Å². The summed E-state index contributed by atoms with van der Waals surface area (Å²) in [6.07, 6.45) is 3.59. The van der Waals surface area contributed by atoms with Crippen LogP contribution in [-0.2, 0) is 9.53 Å². The third-order valence-corrected chi connectivity index (χ3v) is 2.82. The summed E-state index contributed by atoms with van der Waals surface area (Å²) in [5.74, 6) is 0.0285. The minimum Gasteiger partial charge on any atom is -0.468 e. The lowest BCUT2D eigenvalue weighted by molar-refractivity contribution is -0.137. The Balaban J connectivity index is 2.54. The molecule has 1 aromatic rings. The molecule has 1 aromatic heterocycles. The van der Waals surface area contributed by atoms with E-state index in [9.17, 15) is 4.79 Å². The van der Waals surface area contributed by atoms with Crippen molar-refractivity contribution in [2.75, 3.05) is 19.1 Å². The van der Waals surface area contributed by atoms with Gasteiger partial charge in [-0.2, -0.15) is 0 Å². The molecule has 0 bridgehead atoms. The van der Waals surface area contributed by atoms with Gasteiger partial charge in [0.1, 0.15) is 5.03 Å². The number of aromatic nitrogens is 2. The van der Waals surface area contributed by atoms with Crippen LogP contribution >= 0.6 is 23.5 Å². The molecule has 0 amide bonds. The highest BCUT2D eigenvalue weighted by Crippen LogP contribution is 2.17. The lowest BCUT2D eigenvalue weighted by Gasteiger charge is -2.00. The second-order valence-electron chi connectivity index (χ2n) is 2.25. The molecule has 0 spiro atoms. The van der Waals surface area contributed by atoms with E-state index in [0.717, 1.165) is 5.03 Å². The lowest BCUT2D eigenvalue weighted by atomic mass is 10.7. The standard InChI is InChI=1S/C8H10N2O2S2/c1-12-7(11)5-14-6-3-4-9-8(10-6)13-2/h3-4H,5H2,1-2H3. The first kappa shape index (κ1) is 11.3. The zero-order valence-electron chi connectivity index (χ0n) is 7.89. The quantitative estimate of drug-likeness (QED) is 0.338. The van der Waals surface area contributed by atoms with Crippen molar-refractivity contribution < 1.29 is 9.53 Å². The maximum absolute atomic E-state index is 10.8. The van der Waals surface area contributed by atoms with Gasteiger partial charge in [-0.3, -0.25) is 4.79 Å². The molecule has 14 heavy (non-hydrogen) atoms. The monoisotopic (exact) mass is 230 g/mol. The van der Waals surface area contributed by atoms with Crippen molar-refractivity contribution in [3.05, 3.63) is 12.3 Å². The Kier molecular flexibility index (Phi) is 4.75. The van der Waals surface area contributed by atoms with Crippen LogP contribution in [0.5, 0.6) is 0 Å². The molecule has 0 aliphatic heterocycles. The second-order valence-corrected chi connectivity index (χ2v) is 4.02. The second kappa shape index (κ2) is 5.87. The Morgan fingerprint density at radius 1 is 1.64 bits per heavy atom. The summed E-state index contributed by atoms with van der Waals surface area (Å²) in [5, 5.41) is 1.50. The highest BCUT2D eigenvalue weighted by molar-refractivity contribution is 8.00. The molecule has 4 nitrogen and oxygen atoms in total. The molecule has 0 unspecified atom stereocenters. The van der Waals surface area contributed by atoms with Crippen LogP contribution in [0.1, 0.15) is 0 Å². The summed E-state index contributed by atoms with van der Waals surface area (Å²) in [6, 6.07) is 1.77. The predicted molar refractivity (Wildman–Crippen MR) is 56.6 cm³/mol. The summed E-state index contributed by atoms with van der Waals surface area (Å²) in [4.78, 5) is 19.1. The van der Waals surface area contributed by atoms with Crippen molar-refractivity contribution in [1.29, 1.82) is 0 Å². The molecule has 1 heterocycles. The van der Waals surface area contributed by atoms with Crippen molar-refractivity contribution in [1.82, 2.24) is 9.97 Å². The number of carbonyl (C=O) groups is 1. The van der Waals surface area contributed by atoms with Gasteiger partial charge in [0.15, 0.2) is 5.16 Å². The fourth-order valence-electron chi connectivity index (χ4n) is 0.696. The maximum Gasteiger partial charge on any atom is 0.316 e. The molecule has 0 aromatic carbocycles. The van der Waals surface area contributed by atoms with E-state index >= 15 is 0 Å². The van der Waals surface area contributed by atoms with Crippen LogP contribution in [-0.4, -0.2) is 35.1 Å². The molecule has 0 saturated carbocycles. The van der Waals surface area contributed by atoms with Gasteiger partial charge in [-0.15, -0.1) is 0 Å². The van der Waals surface area contributed by atoms with Gasteiger partial charge in [-0.05, 0) is 12.3 Å². The Bertz CT molecular complexity index is 320. The third kappa shape index (κ3) is 3.55. The Hall–Kier alpha value is -0.750. The third-order valence-electron chi connectivity index (χ3n) is 1.36. The molecule has 76 valence electrons. The number of hydrogen-bond acceptors (Lipinski definition) is 6. The van der Waals surface area contributed by atoms with E-state index in [0.29, 0.717) is 5.16 Å². The van der Waals surface area contributed by atoms with Crippen molar-refractivity contribution >= 4 is 29.5 Å². The van der Waals surface area contributed by atoms with Crippen LogP contribution in [0, 0.1) is 0 Å². The van der Waals surface area contributed by atoms with Gasteiger partial charge in [0.25, 0.3) is 0 Å². The topological polar surface area (TPSA) is 52.1 Å². The van der Waals surface area contributed by atoms with E-state index in [4.69, 9.17) is 0 Å². The number of carbonyl (C=O) groups excluding carboxylic acids is 1. The van der Waals surface area contributed by atoms with E-state index in [-0.39, 0.29) is 11.7 Å². The number of esters is 1. The normalized spacial score (nSPS) is 9.86. The smallest absolute Gasteiger partial charge is 0.316 e. The molecule has 0 fully saturated rings. The summed E-state index contributed by atoms with van der Waals surface area (Å²) < 4.78 is 4.52. The molecular formula is C8H10N2O2S2. The molecule has 0 atom stereocenters. The maximum atomic E-state index is 10.8. The summed E-state index contributed by atoms with van der Waals surface area (Å²) in [5.41, 5.74) is 0. The number of hydrogen-bond donors (Lipinski definition) is 0. The van der Waals surface area contributed by atoms with Gasteiger partial charge in [0.2, 0.25) is 0 Å². The summed E-state index contributed by atoms with van der Waals surface area (Å²) in [7, 11) is 1.37. The zero-order chi connectivity index (χ0) is 10.4. The van der Waals surface area contributed by atoms with Gasteiger partial charge in [0, 0.05) is 6.20 Å². The highest BCUT2D eigenvalue weighted by atomic mass is 32.2. The zero-order valence-corrected chi connectivity index (χ0v) is 9.52. The van der Waals surface area contributed by atoms with E-state index in [2.05, 4.69) is 14.7 Å². The molecule has 0 saturated heterocycles. The van der Waals surface area contributed by atoms with E-state index in [1.54, 1.807) is 12.3 Å². The van der Waals surface area contributed by atoms with Crippen molar-refractivity contribution in [3.8, 4) is 0 Å². The fraction of sp³-hybridized carbons (Fsp3) is 0.375. The van der Waals surface area contributed by atoms with Crippen molar-refractivity contribution in [2.24, 2.45) is 0 Å². The molecule has 6 heteroatoms. The van der Waals surface area contributed by atoms with Crippen molar-refractivity contribution in [3.63, 3.8) is 0 Å². The SMILES string of the molecule is COC(=O)CSc1ccnc(SC)n1. The minimum absolute atomic E-state index is 0.251. The first-order valence-corrected chi connectivity index (χ1v) is 6.04. The minimum atomic E-state index is -0.251. The lowest BCUT2D eigenvalue weighted by Crippen LogP contribution is -2.03. The highest BCUT2D eigenvalue weighted by Gasteiger charge is 2.03. The molecule has 1 rings (SSSR count). The van der Waals surface area contributed by atoms with E-state index < -0.39 is 0 Å². The fourth-order valence-corrected chi connectivity index (χ4v) is 1.80. The molecule has 0 aliphatic rings. The number of ether oxygens (including phenoxy) is 1. The Morgan fingerprint density at radius 2 is 2.43 bits per heavy atom. The number of thioether (sulfide) groups is 2. The van der Waals surface area contributed by atoms with Gasteiger partial charge in [-0.25, -0.2) is 9.97 Å². The van der Waals surface area contributed by atoms with Gasteiger partial charge < -0.3 is 4.74 Å². The number of methoxy groups -OCH3 is 1.